The second-order valence-corrected chi connectivity index (χ2v) is 3.27. The number of nitrogens with zero attached hydrogens (tertiary/aromatic N) is 2. The molecule has 2 rings (SSSR count). The zero-order valence-corrected chi connectivity index (χ0v) is 9.48. The molecule has 10 heteroatoms. The Kier molecular flexibility index (Phi) is 3.16. The number of hydrogen-bond acceptors (Lipinski definition) is 9. The molecule has 100 valence electrons. The zero-order chi connectivity index (χ0) is 14.0. The number of nitro groups is 1. The van der Waals surface area contributed by atoms with Gasteiger partial charge >= 0.3 is 11.9 Å². The summed E-state index contributed by atoms with van der Waals surface area (Å²) in [5.74, 6) is -2.28. The molecule has 0 atom stereocenters. The van der Waals surface area contributed by atoms with E-state index in [1.807, 2.05) is 5.59 Å². The quantitative estimate of drug-likeness (QED) is 0.453. The maximum Gasteiger partial charge on any atom is 0.444 e. The Balaban J connectivity index is 2.39. The molecule has 1 fully saturated rings. The van der Waals surface area contributed by atoms with E-state index < -0.39 is 16.9 Å². The minimum Gasteiger partial charge on any atom is -0.497 e. The number of hydrazine groups is 1. The van der Waals surface area contributed by atoms with E-state index in [2.05, 4.69) is 9.68 Å². The average molecular weight is 269 g/mol. The Morgan fingerprint density at radius 1 is 1.37 bits per heavy atom. The number of anilines is 1. The van der Waals surface area contributed by atoms with Gasteiger partial charge in [-0.05, 0) is 11.7 Å². The van der Waals surface area contributed by atoms with E-state index >= 15 is 0 Å². The Labute approximate surface area is 105 Å². The summed E-state index contributed by atoms with van der Waals surface area (Å²) in [5.41, 5.74) is 1.41. The summed E-state index contributed by atoms with van der Waals surface area (Å²) in [6, 6.07) is 3.75. The van der Waals surface area contributed by atoms with Crippen LogP contribution in [0.5, 0.6) is 5.75 Å². The van der Waals surface area contributed by atoms with Crippen LogP contribution >= 0.6 is 0 Å². The second kappa shape index (κ2) is 4.78. The van der Waals surface area contributed by atoms with E-state index in [0.717, 1.165) is 6.07 Å². The van der Waals surface area contributed by atoms with Gasteiger partial charge in [0.05, 0.1) is 12.0 Å². The largest absolute Gasteiger partial charge is 0.497 e. The zero-order valence-electron chi connectivity index (χ0n) is 9.48. The summed E-state index contributed by atoms with van der Waals surface area (Å²) >= 11 is 0. The molecular weight excluding hydrogens is 262 g/mol. The van der Waals surface area contributed by atoms with Crippen molar-refractivity contribution >= 4 is 23.3 Å². The molecular formula is C9H7N3O7. The van der Waals surface area contributed by atoms with Crippen molar-refractivity contribution in [2.45, 2.75) is 0 Å². The topological polar surface area (TPSA) is 120 Å². The molecule has 1 heterocycles. The van der Waals surface area contributed by atoms with E-state index in [9.17, 15) is 19.7 Å². The first-order chi connectivity index (χ1) is 9.02. The van der Waals surface area contributed by atoms with Gasteiger partial charge in [0.25, 0.3) is 5.69 Å². The summed E-state index contributed by atoms with van der Waals surface area (Å²) in [6.07, 6.45) is 0. The fourth-order valence-electron chi connectivity index (χ4n) is 1.31. The second-order valence-electron chi connectivity index (χ2n) is 3.27. The molecule has 0 aliphatic carbocycles. The summed E-state index contributed by atoms with van der Waals surface area (Å²) in [6.45, 7) is 0. The molecule has 1 aromatic carbocycles. The maximum atomic E-state index is 11.0. The molecule has 1 saturated heterocycles. The molecule has 0 bridgehead atoms. The first-order valence-corrected chi connectivity index (χ1v) is 4.84. The fraction of sp³-hybridized carbons (Fsp3) is 0.111. The van der Waals surface area contributed by atoms with Crippen LogP contribution in [-0.2, 0) is 19.3 Å². The number of rotatable bonds is 3. The van der Waals surface area contributed by atoms with Gasteiger partial charge in [-0.2, -0.15) is 0 Å². The number of hydrogen-bond donors (Lipinski definition) is 1. The van der Waals surface area contributed by atoms with Crippen LogP contribution in [0.25, 0.3) is 0 Å². The van der Waals surface area contributed by atoms with E-state index in [1.54, 1.807) is 0 Å². The first kappa shape index (κ1) is 12.6. The van der Waals surface area contributed by atoms with Crippen LogP contribution in [0, 0.1) is 10.1 Å². The highest BCUT2D eigenvalue weighted by Crippen LogP contribution is 2.32. The predicted molar refractivity (Wildman–Crippen MR) is 57.4 cm³/mol. The highest BCUT2D eigenvalue weighted by atomic mass is 16.9. The molecule has 1 aliphatic rings. The molecule has 0 spiro atoms. The summed E-state index contributed by atoms with van der Waals surface area (Å²) in [7, 11) is 1.36. The third kappa shape index (κ3) is 2.37. The lowest BCUT2D eigenvalue weighted by Gasteiger charge is -2.25. The average Bonchev–Trinajstić information content (AvgIpc) is 2.41. The Hall–Kier alpha value is -2.88. The number of benzene rings is 1. The van der Waals surface area contributed by atoms with Crippen LogP contribution in [0.4, 0.5) is 11.4 Å². The van der Waals surface area contributed by atoms with Crippen molar-refractivity contribution in [3.8, 4) is 5.75 Å². The van der Waals surface area contributed by atoms with Crippen molar-refractivity contribution in [2.75, 3.05) is 12.3 Å². The van der Waals surface area contributed by atoms with Crippen LogP contribution in [0.3, 0.4) is 0 Å². The van der Waals surface area contributed by atoms with Crippen molar-refractivity contribution in [2.24, 2.45) is 0 Å². The minimum absolute atomic E-state index is 0.162. The van der Waals surface area contributed by atoms with Gasteiger partial charge in [0.15, 0.2) is 5.69 Å². The fourth-order valence-corrected chi connectivity index (χ4v) is 1.31. The van der Waals surface area contributed by atoms with Gasteiger partial charge in [0.2, 0.25) is 0 Å². The summed E-state index contributed by atoms with van der Waals surface area (Å²) in [4.78, 5) is 40.8. The molecule has 19 heavy (non-hydrogen) atoms. The number of nitro benzene ring substituents is 1. The number of carbonyl (C=O) groups is 2. The molecule has 1 aromatic rings. The lowest BCUT2D eigenvalue weighted by Crippen LogP contribution is -2.49. The van der Waals surface area contributed by atoms with Crippen molar-refractivity contribution in [1.82, 2.24) is 5.59 Å². The number of ether oxygens (including phenoxy) is 1. The SMILES string of the molecule is COc1ccc([N+](=O)[O-])c(N2NOC(=O)C(=O)O2)c1. The normalized spacial score (nSPS) is 14.7. The molecule has 10 nitrogen and oxygen atoms in total. The standard InChI is InChI=1S/C9H7N3O7/c1-17-5-2-3-6(12(15)16)7(4-5)11-10-18-8(13)9(14)19-11/h2-4,10H,1H3. The van der Waals surface area contributed by atoms with Gasteiger partial charge in [-0.1, -0.05) is 5.17 Å². The Morgan fingerprint density at radius 2 is 2.11 bits per heavy atom. The van der Waals surface area contributed by atoms with Gasteiger partial charge in [0.1, 0.15) is 5.75 Å². The van der Waals surface area contributed by atoms with Crippen molar-refractivity contribution in [3.05, 3.63) is 28.3 Å². The Bertz CT molecular complexity index is 559. The molecule has 0 unspecified atom stereocenters. The molecule has 0 radical (unpaired) electrons. The van der Waals surface area contributed by atoms with E-state index in [4.69, 9.17) is 4.74 Å². The van der Waals surface area contributed by atoms with Gasteiger partial charge in [-0.25, -0.2) is 9.59 Å². The maximum absolute atomic E-state index is 11.0. The molecule has 1 N–H and O–H groups in total. The van der Waals surface area contributed by atoms with Crippen LogP contribution in [0.1, 0.15) is 0 Å². The lowest BCUT2D eigenvalue weighted by atomic mass is 10.2. The molecule has 0 saturated carbocycles. The summed E-state index contributed by atoms with van der Waals surface area (Å²) in [5, 5.41) is 11.4. The number of methoxy groups -OCH3 is 1. The third-order valence-electron chi connectivity index (χ3n) is 2.16. The number of nitrogens with one attached hydrogen (secondary N) is 1. The van der Waals surface area contributed by atoms with E-state index in [0.29, 0.717) is 5.17 Å². The van der Waals surface area contributed by atoms with E-state index in [1.165, 1.54) is 19.2 Å². The van der Waals surface area contributed by atoms with Crippen molar-refractivity contribution in [1.29, 1.82) is 0 Å². The van der Waals surface area contributed by atoms with Crippen molar-refractivity contribution < 1.29 is 28.9 Å². The van der Waals surface area contributed by atoms with Crippen LogP contribution < -0.4 is 15.5 Å². The van der Waals surface area contributed by atoms with Gasteiger partial charge in [-0.3, -0.25) is 10.1 Å². The monoisotopic (exact) mass is 269 g/mol. The van der Waals surface area contributed by atoms with E-state index in [-0.39, 0.29) is 17.1 Å². The van der Waals surface area contributed by atoms with Gasteiger partial charge in [0, 0.05) is 12.1 Å². The first-order valence-electron chi connectivity index (χ1n) is 4.84. The third-order valence-corrected chi connectivity index (χ3v) is 2.16. The van der Waals surface area contributed by atoms with Crippen LogP contribution in [0.2, 0.25) is 0 Å². The highest BCUT2D eigenvalue weighted by Gasteiger charge is 2.33. The Morgan fingerprint density at radius 3 is 2.68 bits per heavy atom. The number of carbonyl (C=O) groups excluding carboxylic acids is 2. The highest BCUT2D eigenvalue weighted by molar-refractivity contribution is 6.30. The lowest BCUT2D eigenvalue weighted by molar-refractivity contribution is -0.384. The minimum atomic E-state index is -1.31. The van der Waals surface area contributed by atoms with Gasteiger partial charge < -0.3 is 14.4 Å². The molecule has 0 aromatic heterocycles. The van der Waals surface area contributed by atoms with Gasteiger partial charge in [-0.15, -0.1) is 0 Å². The van der Waals surface area contributed by atoms with Crippen molar-refractivity contribution in [3.63, 3.8) is 0 Å². The predicted octanol–water partition coefficient (Wildman–Crippen LogP) is -0.156. The molecule has 1 aliphatic heterocycles. The molecule has 0 amide bonds. The smallest absolute Gasteiger partial charge is 0.444 e. The van der Waals surface area contributed by atoms with Crippen LogP contribution in [0.15, 0.2) is 18.2 Å². The van der Waals surface area contributed by atoms with Crippen LogP contribution in [-0.4, -0.2) is 24.0 Å². The summed E-state index contributed by atoms with van der Waals surface area (Å²) < 4.78 is 4.90.